The molecule has 10 heteroatoms. The lowest BCUT2D eigenvalue weighted by Gasteiger charge is -2.31. The molecule has 0 aliphatic carbocycles. The van der Waals surface area contributed by atoms with Gasteiger partial charge in [0.2, 0.25) is 10.0 Å². The number of carbonyl (C=O) groups excluding carboxylic acids is 2. The van der Waals surface area contributed by atoms with Crippen LogP contribution in [0.3, 0.4) is 0 Å². The Labute approximate surface area is 152 Å². The highest BCUT2D eigenvalue weighted by Gasteiger charge is 2.45. The molecule has 1 amide bonds. The number of hydrogen-bond acceptors (Lipinski definition) is 4. The van der Waals surface area contributed by atoms with Crippen LogP contribution in [-0.4, -0.2) is 37.5 Å². The number of benzene rings is 2. The van der Waals surface area contributed by atoms with Crippen molar-refractivity contribution in [3.63, 3.8) is 0 Å². The largest absolute Gasteiger partial charge is 0.416 e. The molecule has 0 aromatic heterocycles. The molecule has 2 aromatic carbocycles. The van der Waals surface area contributed by atoms with Gasteiger partial charge in [-0.25, -0.2) is 8.42 Å². The van der Waals surface area contributed by atoms with Gasteiger partial charge in [0.25, 0.3) is 5.91 Å². The number of sulfonamides is 1. The Bertz CT molecular complexity index is 1020. The molecule has 0 saturated carbocycles. The lowest BCUT2D eigenvalue weighted by atomic mass is 10.0. The van der Waals surface area contributed by atoms with Crippen molar-refractivity contribution in [2.45, 2.75) is 17.1 Å². The zero-order valence-corrected chi connectivity index (χ0v) is 14.6. The van der Waals surface area contributed by atoms with Gasteiger partial charge in [-0.3, -0.25) is 9.59 Å². The number of hydrogen-bond donors (Lipinski definition) is 1. The van der Waals surface area contributed by atoms with Crippen molar-refractivity contribution in [3.05, 3.63) is 59.7 Å². The van der Waals surface area contributed by atoms with Crippen molar-refractivity contribution >= 4 is 27.4 Å². The minimum Gasteiger partial charge on any atom is -0.324 e. The van der Waals surface area contributed by atoms with Gasteiger partial charge in [0.05, 0.1) is 10.5 Å². The summed E-state index contributed by atoms with van der Waals surface area (Å²) >= 11 is 0. The maximum absolute atomic E-state index is 12.6. The monoisotopic (exact) mass is 398 g/mol. The first kappa shape index (κ1) is 19.1. The first-order valence-electron chi connectivity index (χ1n) is 7.63. The predicted octanol–water partition coefficient (Wildman–Crippen LogP) is 2.53. The van der Waals surface area contributed by atoms with Crippen LogP contribution in [0.5, 0.6) is 0 Å². The molecule has 0 saturated heterocycles. The lowest BCUT2D eigenvalue weighted by Crippen LogP contribution is -2.53. The van der Waals surface area contributed by atoms with E-state index in [1.54, 1.807) is 0 Å². The number of halogens is 3. The maximum atomic E-state index is 12.6. The fraction of sp³-hybridized carbons (Fsp3) is 0.176. The standard InChI is InChI=1S/C17H13F3N2O4S/c1-22-14(15(23)12-4-2-3-5-13(12)27(22,25)26)16(24)21-11-8-6-10(7-9-11)17(18,19)20/h2-9,14H,1H3,(H,21,24). The quantitative estimate of drug-likeness (QED) is 0.788. The first-order valence-corrected chi connectivity index (χ1v) is 9.07. The molecule has 1 heterocycles. The van der Waals surface area contributed by atoms with E-state index in [1.807, 2.05) is 0 Å². The van der Waals surface area contributed by atoms with Gasteiger partial charge in [-0.1, -0.05) is 12.1 Å². The molecular weight excluding hydrogens is 385 g/mol. The second-order valence-electron chi connectivity index (χ2n) is 5.85. The highest BCUT2D eigenvalue weighted by molar-refractivity contribution is 7.89. The summed E-state index contributed by atoms with van der Waals surface area (Å²) in [5, 5.41) is 2.29. The highest BCUT2D eigenvalue weighted by atomic mass is 32.2. The van der Waals surface area contributed by atoms with Crippen LogP contribution in [-0.2, 0) is 21.0 Å². The van der Waals surface area contributed by atoms with E-state index in [-0.39, 0.29) is 16.1 Å². The molecule has 0 spiro atoms. The molecule has 1 unspecified atom stereocenters. The van der Waals surface area contributed by atoms with E-state index >= 15 is 0 Å². The Morgan fingerprint density at radius 3 is 2.26 bits per heavy atom. The van der Waals surface area contributed by atoms with Crippen molar-refractivity contribution in [1.29, 1.82) is 0 Å². The molecular formula is C17H13F3N2O4S. The minimum atomic E-state index is -4.53. The Hall–Kier alpha value is -2.72. The fourth-order valence-corrected chi connectivity index (χ4v) is 4.22. The Morgan fingerprint density at radius 2 is 1.67 bits per heavy atom. The van der Waals surface area contributed by atoms with Crippen LogP contribution < -0.4 is 5.32 Å². The highest BCUT2D eigenvalue weighted by Crippen LogP contribution is 2.31. The average Bonchev–Trinajstić information content (AvgIpc) is 2.60. The van der Waals surface area contributed by atoms with Crippen molar-refractivity contribution in [2.24, 2.45) is 0 Å². The van der Waals surface area contributed by atoms with E-state index in [2.05, 4.69) is 5.32 Å². The molecule has 1 atom stereocenters. The third-order valence-electron chi connectivity index (χ3n) is 4.15. The van der Waals surface area contributed by atoms with Crippen LogP contribution in [0.1, 0.15) is 15.9 Å². The SMILES string of the molecule is CN1C(C(=O)Nc2ccc(C(F)(F)F)cc2)C(=O)c2ccccc2S1(=O)=O. The van der Waals surface area contributed by atoms with E-state index in [1.165, 1.54) is 24.3 Å². The number of nitrogens with zero attached hydrogens (tertiary/aromatic N) is 1. The molecule has 27 heavy (non-hydrogen) atoms. The summed E-state index contributed by atoms with van der Waals surface area (Å²) in [4.78, 5) is 24.9. The number of nitrogens with one attached hydrogen (secondary N) is 1. The molecule has 3 rings (SSSR count). The summed E-state index contributed by atoms with van der Waals surface area (Å²) in [6.45, 7) is 0. The summed E-state index contributed by atoms with van der Waals surface area (Å²) in [6, 6.07) is 7.44. The number of rotatable bonds is 2. The van der Waals surface area contributed by atoms with Crippen LogP contribution >= 0.6 is 0 Å². The van der Waals surface area contributed by atoms with E-state index in [0.717, 1.165) is 31.3 Å². The fourth-order valence-electron chi connectivity index (χ4n) is 2.74. The van der Waals surface area contributed by atoms with Crippen LogP contribution in [0.25, 0.3) is 0 Å². The molecule has 0 fully saturated rings. The van der Waals surface area contributed by atoms with Gasteiger partial charge >= 0.3 is 6.18 Å². The number of alkyl halides is 3. The van der Waals surface area contributed by atoms with Crippen molar-refractivity contribution in [1.82, 2.24) is 4.31 Å². The molecule has 2 aromatic rings. The summed E-state index contributed by atoms with van der Waals surface area (Å²) in [5.41, 5.74) is -1.00. The molecule has 142 valence electrons. The number of likely N-dealkylation sites (N-methyl/N-ethyl adjacent to an activating group) is 1. The second kappa shape index (κ2) is 6.46. The number of amides is 1. The van der Waals surface area contributed by atoms with E-state index in [0.29, 0.717) is 4.31 Å². The number of Topliss-reactive ketones (excluding diaryl/α,β-unsaturated/α-hetero) is 1. The molecule has 0 radical (unpaired) electrons. The van der Waals surface area contributed by atoms with Gasteiger partial charge in [0.1, 0.15) is 0 Å². The van der Waals surface area contributed by atoms with Crippen molar-refractivity contribution < 1.29 is 31.2 Å². The third kappa shape index (κ3) is 3.33. The number of ketones is 1. The first-order chi connectivity index (χ1) is 12.5. The zero-order valence-electron chi connectivity index (χ0n) is 13.8. The Morgan fingerprint density at radius 1 is 1.07 bits per heavy atom. The Kier molecular flexibility index (Phi) is 4.56. The number of carbonyl (C=O) groups is 2. The smallest absolute Gasteiger partial charge is 0.324 e. The van der Waals surface area contributed by atoms with Gasteiger partial charge < -0.3 is 5.32 Å². The lowest BCUT2D eigenvalue weighted by molar-refractivity contribution is -0.137. The summed E-state index contributed by atoms with van der Waals surface area (Å²) in [6.07, 6.45) is -4.53. The van der Waals surface area contributed by atoms with E-state index < -0.39 is 39.5 Å². The predicted molar refractivity (Wildman–Crippen MR) is 89.6 cm³/mol. The molecule has 1 aliphatic rings. The second-order valence-corrected chi connectivity index (χ2v) is 7.81. The van der Waals surface area contributed by atoms with Crippen LogP contribution in [0.2, 0.25) is 0 Å². The number of anilines is 1. The van der Waals surface area contributed by atoms with Gasteiger partial charge in [-0.05, 0) is 36.4 Å². The molecule has 0 bridgehead atoms. The van der Waals surface area contributed by atoms with Crippen LogP contribution in [0.15, 0.2) is 53.4 Å². The minimum absolute atomic E-state index is 0.00505. The zero-order chi connectivity index (χ0) is 20.0. The van der Waals surface area contributed by atoms with Crippen molar-refractivity contribution in [2.75, 3.05) is 12.4 Å². The molecule has 1 N–H and O–H groups in total. The van der Waals surface area contributed by atoms with Crippen molar-refractivity contribution in [3.8, 4) is 0 Å². The Balaban J connectivity index is 1.90. The van der Waals surface area contributed by atoms with Gasteiger partial charge in [0.15, 0.2) is 11.8 Å². The molecule has 1 aliphatic heterocycles. The van der Waals surface area contributed by atoms with E-state index in [4.69, 9.17) is 0 Å². The maximum Gasteiger partial charge on any atom is 0.416 e. The summed E-state index contributed by atoms with van der Waals surface area (Å²) < 4.78 is 63.5. The number of fused-ring (bicyclic) bond motifs is 1. The average molecular weight is 398 g/mol. The third-order valence-corrected chi connectivity index (χ3v) is 6.03. The van der Waals surface area contributed by atoms with Gasteiger partial charge in [-0.2, -0.15) is 17.5 Å². The van der Waals surface area contributed by atoms with Crippen LogP contribution in [0.4, 0.5) is 18.9 Å². The summed E-state index contributed by atoms with van der Waals surface area (Å²) in [7, 11) is -2.97. The topological polar surface area (TPSA) is 83.6 Å². The van der Waals surface area contributed by atoms with E-state index in [9.17, 15) is 31.2 Å². The van der Waals surface area contributed by atoms with Gasteiger partial charge in [0, 0.05) is 18.3 Å². The summed E-state index contributed by atoms with van der Waals surface area (Å²) in [5.74, 6) is -1.67. The molecule has 6 nitrogen and oxygen atoms in total. The normalized spacial score (nSPS) is 19.4. The van der Waals surface area contributed by atoms with Crippen LogP contribution in [0, 0.1) is 0 Å². The van der Waals surface area contributed by atoms with Gasteiger partial charge in [-0.15, -0.1) is 0 Å².